The largest absolute Gasteiger partial charge is 0.741 e. The summed E-state index contributed by atoms with van der Waals surface area (Å²) in [7, 11) is -0.709. The first-order valence-corrected chi connectivity index (χ1v) is 8.86. The van der Waals surface area contributed by atoms with E-state index in [2.05, 4.69) is 41.9 Å². The maximum atomic E-state index is 10.7. The molecule has 0 spiro atoms. The van der Waals surface area contributed by atoms with Crippen molar-refractivity contribution in [2.24, 2.45) is 7.05 Å². The van der Waals surface area contributed by atoms with Gasteiger partial charge in [-0.25, -0.2) is 8.42 Å². The van der Waals surface area contributed by atoms with Gasteiger partial charge in [0.25, 0.3) is 0 Å². The summed E-state index contributed by atoms with van der Waals surface area (Å²) in [5, 5.41) is 2.35. The van der Waals surface area contributed by atoms with Crippen LogP contribution < -0.4 is 14.0 Å². The quantitative estimate of drug-likeness (QED) is 0.285. The van der Waals surface area contributed by atoms with Gasteiger partial charge in [0.2, 0.25) is 11.0 Å². The van der Waals surface area contributed by atoms with Crippen molar-refractivity contribution < 1.29 is 40.2 Å². The van der Waals surface area contributed by atoms with Crippen LogP contribution in [0.15, 0.2) is 42.5 Å². The van der Waals surface area contributed by atoms with Gasteiger partial charge >= 0.3 is 5.51 Å². The van der Waals surface area contributed by atoms with E-state index in [-0.39, 0.29) is 0 Å². The summed E-state index contributed by atoms with van der Waals surface area (Å²) in [6.45, 7) is 0. The Morgan fingerprint density at radius 3 is 1.96 bits per heavy atom. The van der Waals surface area contributed by atoms with E-state index in [0.29, 0.717) is 0 Å². The molecule has 3 rings (SSSR count). The lowest BCUT2D eigenvalue weighted by Crippen LogP contribution is -2.29. The lowest BCUT2D eigenvalue weighted by Gasteiger charge is -2.09. The van der Waals surface area contributed by atoms with Crippen molar-refractivity contribution in [2.75, 3.05) is 14.2 Å². The van der Waals surface area contributed by atoms with Crippen LogP contribution in [0.2, 0.25) is 0 Å². The van der Waals surface area contributed by atoms with E-state index in [4.69, 9.17) is 22.4 Å². The van der Waals surface area contributed by atoms with Gasteiger partial charge in [0, 0.05) is 11.5 Å². The molecule has 0 amide bonds. The number of halogens is 3. The zero-order valence-corrected chi connectivity index (χ0v) is 15.4. The third kappa shape index (κ3) is 4.40. The molecular weight excluding hydrogens is 387 g/mol. The number of hydrogen-bond donors (Lipinski definition) is 0. The van der Waals surface area contributed by atoms with Crippen LogP contribution in [0, 0.1) is 0 Å². The van der Waals surface area contributed by atoms with Crippen LogP contribution in [0.4, 0.5) is 13.2 Å². The predicted molar refractivity (Wildman–Crippen MR) is 91.5 cm³/mol. The molecule has 0 saturated carbocycles. The fourth-order valence-corrected chi connectivity index (χ4v) is 2.50. The molecule has 0 aliphatic carbocycles. The second-order valence-corrected chi connectivity index (χ2v) is 6.80. The number of rotatable bonds is 2. The van der Waals surface area contributed by atoms with Gasteiger partial charge in [0.15, 0.2) is 21.6 Å². The first-order chi connectivity index (χ1) is 12.5. The molecule has 1 heterocycles. The molecule has 0 radical (unpaired) electrons. The molecule has 0 unspecified atom stereocenters. The molecule has 0 aliphatic rings. The number of para-hydroxylation sites is 1. The van der Waals surface area contributed by atoms with Crippen molar-refractivity contribution in [1.29, 1.82) is 0 Å². The third-order valence-electron chi connectivity index (χ3n) is 3.79. The van der Waals surface area contributed by atoms with Crippen molar-refractivity contribution in [2.45, 2.75) is 5.51 Å². The lowest BCUT2D eigenvalue weighted by molar-refractivity contribution is -0.617. The Bertz CT molecular complexity index is 1080. The molecular formula is C17H16F3NO5S. The van der Waals surface area contributed by atoms with Gasteiger partial charge in [0.05, 0.1) is 25.7 Å². The topological polar surface area (TPSA) is 79.5 Å². The highest BCUT2D eigenvalue weighted by molar-refractivity contribution is 7.86. The standard InChI is InChI=1S/C16H16NO2.CHF3O3S/c1-17-13-7-5-4-6-11(13)8-12-9-15(18-2)16(19-3)10-14(12)17;2-1(3,4)8(5,6)7/h4-10H,1-3H3;(H,5,6,7)/q+1;/p-1. The number of aromatic nitrogens is 1. The highest BCUT2D eigenvalue weighted by atomic mass is 32.2. The van der Waals surface area contributed by atoms with Gasteiger partial charge < -0.3 is 14.0 Å². The highest BCUT2D eigenvalue weighted by Gasteiger charge is 2.36. The fraction of sp³-hybridized carbons (Fsp3) is 0.235. The number of methoxy groups -OCH3 is 2. The lowest BCUT2D eigenvalue weighted by atomic mass is 10.1. The molecule has 0 N–H and O–H groups in total. The van der Waals surface area contributed by atoms with Gasteiger partial charge in [-0.3, -0.25) is 0 Å². The molecule has 146 valence electrons. The van der Waals surface area contributed by atoms with Crippen LogP contribution in [0.25, 0.3) is 21.8 Å². The van der Waals surface area contributed by atoms with Gasteiger partial charge in [0.1, 0.15) is 7.05 Å². The summed E-state index contributed by atoms with van der Waals surface area (Å²) in [4.78, 5) is 0. The molecule has 2 aromatic carbocycles. The van der Waals surface area contributed by atoms with E-state index in [0.717, 1.165) is 22.4 Å². The van der Waals surface area contributed by atoms with Gasteiger partial charge in [-0.1, -0.05) is 12.1 Å². The van der Waals surface area contributed by atoms with Crippen LogP contribution in [-0.2, 0) is 17.2 Å². The Hall–Kier alpha value is -2.59. The summed E-state index contributed by atoms with van der Waals surface area (Å²) < 4.78 is 71.8. The minimum Gasteiger partial charge on any atom is -0.741 e. The molecule has 1 aromatic heterocycles. The number of ether oxygens (including phenoxy) is 2. The van der Waals surface area contributed by atoms with E-state index in [1.165, 1.54) is 10.9 Å². The molecule has 0 aliphatic heterocycles. The normalized spacial score (nSPS) is 11.8. The number of alkyl halides is 3. The Morgan fingerprint density at radius 1 is 0.926 bits per heavy atom. The SMILES string of the molecule is COc1cc2cc3ccccc3[n+](C)c2cc1OC.O=S(=O)([O-])C(F)(F)F. The monoisotopic (exact) mass is 403 g/mol. The van der Waals surface area contributed by atoms with E-state index >= 15 is 0 Å². The Balaban J connectivity index is 0.000000279. The first-order valence-electron chi connectivity index (χ1n) is 7.45. The number of nitrogens with zero attached hydrogens (tertiary/aromatic N) is 1. The minimum absolute atomic E-state index is 0.751. The van der Waals surface area contributed by atoms with Crippen LogP contribution in [0.1, 0.15) is 0 Å². The average Bonchev–Trinajstić information content (AvgIpc) is 2.60. The summed E-state index contributed by atoms with van der Waals surface area (Å²) in [5.41, 5.74) is -3.33. The van der Waals surface area contributed by atoms with Gasteiger partial charge in [-0.05, 0) is 18.2 Å². The summed E-state index contributed by atoms with van der Waals surface area (Å²) >= 11 is 0. The number of benzene rings is 2. The van der Waals surface area contributed by atoms with Crippen LogP contribution >= 0.6 is 0 Å². The molecule has 0 bridgehead atoms. The molecule has 3 aromatic rings. The van der Waals surface area contributed by atoms with Crippen LogP contribution in [0.5, 0.6) is 11.5 Å². The van der Waals surface area contributed by atoms with Crippen molar-refractivity contribution in [3.8, 4) is 11.5 Å². The van der Waals surface area contributed by atoms with Crippen LogP contribution in [0.3, 0.4) is 0 Å². The van der Waals surface area contributed by atoms with E-state index in [9.17, 15) is 13.2 Å². The number of hydrogen-bond acceptors (Lipinski definition) is 5. The van der Waals surface area contributed by atoms with Crippen molar-refractivity contribution in [3.63, 3.8) is 0 Å². The zero-order chi connectivity index (χ0) is 20.4. The minimum atomic E-state index is -6.09. The summed E-state index contributed by atoms with van der Waals surface area (Å²) in [6, 6.07) is 14.5. The number of fused-ring (bicyclic) bond motifs is 2. The van der Waals surface area contributed by atoms with Crippen molar-refractivity contribution >= 4 is 31.9 Å². The number of aryl methyl sites for hydroxylation is 1. The Kier molecular flexibility index (Phi) is 5.81. The predicted octanol–water partition coefficient (Wildman–Crippen LogP) is 2.89. The summed E-state index contributed by atoms with van der Waals surface area (Å²) in [5.74, 6) is 1.51. The molecule has 0 fully saturated rings. The molecule has 27 heavy (non-hydrogen) atoms. The van der Waals surface area contributed by atoms with Gasteiger partial charge in [-0.2, -0.15) is 17.7 Å². The first kappa shape index (κ1) is 20.7. The Morgan fingerprint density at radius 2 is 1.44 bits per heavy atom. The average molecular weight is 403 g/mol. The Labute approximate surface area is 153 Å². The fourth-order valence-electron chi connectivity index (χ4n) is 2.50. The molecule has 6 nitrogen and oxygen atoms in total. The van der Waals surface area contributed by atoms with E-state index in [1.54, 1.807) is 14.2 Å². The van der Waals surface area contributed by atoms with Crippen molar-refractivity contribution in [3.05, 3.63) is 42.5 Å². The smallest absolute Gasteiger partial charge is 0.485 e. The van der Waals surface area contributed by atoms with Crippen LogP contribution in [-0.4, -0.2) is 32.7 Å². The summed E-state index contributed by atoms with van der Waals surface area (Å²) in [6.07, 6.45) is 0. The van der Waals surface area contributed by atoms with Gasteiger partial charge in [-0.15, -0.1) is 0 Å². The van der Waals surface area contributed by atoms with E-state index < -0.39 is 15.6 Å². The maximum Gasteiger partial charge on any atom is 0.485 e. The zero-order valence-electron chi connectivity index (χ0n) is 14.6. The second-order valence-electron chi connectivity index (χ2n) is 5.43. The number of pyridine rings is 1. The van der Waals surface area contributed by atoms with Crippen molar-refractivity contribution in [1.82, 2.24) is 0 Å². The second kappa shape index (κ2) is 7.57. The maximum absolute atomic E-state index is 10.7. The third-order valence-corrected chi connectivity index (χ3v) is 4.35. The highest BCUT2D eigenvalue weighted by Crippen LogP contribution is 2.31. The molecule has 0 atom stereocenters. The molecule has 0 saturated heterocycles. The van der Waals surface area contributed by atoms with E-state index in [1.807, 2.05) is 12.1 Å². The molecule has 10 heteroatoms.